The third-order valence-corrected chi connectivity index (χ3v) is 10.7. The number of fused-ring (bicyclic) bond motifs is 1. The van der Waals surface area contributed by atoms with Crippen molar-refractivity contribution in [2.45, 2.75) is 31.2 Å². The van der Waals surface area contributed by atoms with E-state index in [4.69, 9.17) is 37.5 Å². The Labute approximate surface area is 237 Å². The number of halogens is 2. The molecule has 0 aliphatic heterocycles. The van der Waals surface area contributed by atoms with Gasteiger partial charge in [0.05, 0.1) is 31.1 Å². The number of benzene rings is 1. The molecule has 1 aliphatic carbocycles. The number of aliphatic hydroxyl groups excluding tert-OH is 1. The molecule has 2 aromatic heterocycles. The van der Waals surface area contributed by atoms with Gasteiger partial charge in [-0.2, -0.15) is 9.97 Å². The highest BCUT2D eigenvalue weighted by Crippen LogP contribution is 2.56. The number of sulfonamides is 1. The summed E-state index contributed by atoms with van der Waals surface area (Å²) in [6.45, 7) is -0.349. The fourth-order valence-electron chi connectivity index (χ4n) is 4.40. The third-order valence-electron chi connectivity index (χ3n) is 6.03. The smallest absolute Gasteiger partial charge is 0.340 e. The van der Waals surface area contributed by atoms with Gasteiger partial charge in [-0.1, -0.05) is 35.0 Å². The van der Waals surface area contributed by atoms with E-state index < -0.39 is 61.8 Å². The molecular formula is C19H25Cl2N7O9P2S. The van der Waals surface area contributed by atoms with Crippen LogP contribution in [0.4, 0.5) is 5.82 Å². The molecule has 2 heterocycles. The number of hydrogen-bond acceptors (Lipinski definition) is 11. The molecule has 1 aliphatic rings. The monoisotopic (exact) mass is 659 g/mol. The number of nitrogens with one attached hydrogen (secondary N) is 2. The molecule has 0 radical (unpaired) electrons. The van der Waals surface area contributed by atoms with Crippen molar-refractivity contribution in [3.63, 3.8) is 0 Å². The van der Waals surface area contributed by atoms with Crippen LogP contribution in [0.3, 0.4) is 0 Å². The SMILES string of the molecule is CS(=O)(=O)N[C@@H]1[C@@H](COP(=O)(O)CP(=O)(O)O)C[C@@H](n2nnc3c(NCc4ccccc4Cl)nc(Cl)nc32)[C@@H]1O. The molecule has 5 atom stereocenters. The van der Waals surface area contributed by atoms with Crippen molar-refractivity contribution in [2.75, 3.05) is 24.1 Å². The number of aromatic nitrogens is 5. The normalized spacial score (nSPS) is 23.4. The van der Waals surface area contributed by atoms with E-state index in [1.54, 1.807) is 12.1 Å². The molecule has 0 saturated heterocycles. The van der Waals surface area contributed by atoms with E-state index in [2.05, 4.69) is 30.3 Å². The summed E-state index contributed by atoms with van der Waals surface area (Å²) in [5, 5.41) is 22.7. The molecule has 16 nitrogen and oxygen atoms in total. The van der Waals surface area contributed by atoms with Crippen molar-refractivity contribution in [1.82, 2.24) is 29.7 Å². The van der Waals surface area contributed by atoms with Gasteiger partial charge in [-0.05, 0) is 29.7 Å². The number of hydrogen-bond donors (Lipinski definition) is 6. The standard InChI is InChI=1S/C19H25Cl2N7O9P2S/c1-40(35,36)26-14-11(8-37-39(33,34)9-38(30,31)32)6-13(16(14)29)28-18-15(25-27-28)17(23-19(21)24-18)22-7-10-4-2-3-5-12(10)20/h2-5,11,13-14,16,26,29H,6-9H2,1H3,(H,33,34)(H,22,23,24)(H2,30,31,32)/t11-,13-,14-,16+/m1/s1. The summed E-state index contributed by atoms with van der Waals surface area (Å²) in [4.78, 5) is 36.3. The van der Waals surface area contributed by atoms with Gasteiger partial charge in [0.15, 0.2) is 22.9 Å². The predicted octanol–water partition coefficient (Wildman–Crippen LogP) is 1.32. The second-order valence-corrected chi connectivity index (χ2v) is 15.7. The molecule has 0 amide bonds. The highest BCUT2D eigenvalue weighted by molar-refractivity contribution is 7.88. The zero-order valence-corrected chi connectivity index (χ0v) is 24.7. The van der Waals surface area contributed by atoms with E-state index in [1.807, 2.05) is 12.1 Å². The Bertz CT molecular complexity index is 1610. The van der Waals surface area contributed by atoms with Gasteiger partial charge in [-0.25, -0.2) is 17.8 Å². The number of anilines is 1. The number of aliphatic hydroxyl groups is 1. The minimum Gasteiger partial charge on any atom is -0.389 e. The molecule has 4 rings (SSSR count). The lowest BCUT2D eigenvalue weighted by molar-refractivity contribution is 0.103. The van der Waals surface area contributed by atoms with E-state index in [0.29, 0.717) is 5.02 Å². The van der Waals surface area contributed by atoms with Crippen molar-refractivity contribution in [3.05, 3.63) is 40.1 Å². The molecule has 1 unspecified atom stereocenters. The second kappa shape index (κ2) is 11.9. The molecule has 21 heteroatoms. The van der Waals surface area contributed by atoms with Crippen LogP contribution in [0.5, 0.6) is 0 Å². The van der Waals surface area contributed by atoms with Gasteiger partial charge in [-0.15, -0.1) is 5.10 Å². The van der Waals surface area contributed by atoms with Crippen LogP contribution in [-0.4, -0.2) is 84.1 Å². The molecular weight excluding hydrogens is 635 g/mol. The summed E-state index contributed by atoms with van der Waals surface area (Å²) in [7, 11) is -13.5. The van der Waals surface area contributed by atoms with Gasteiger partial charge in [0, 0.05) is 17.5 Å². The average molecular weight is 660 g/mol. The van der Waals surface area contributed by atoms with Gasteiger partial charge >= 0.3 is 15.2 Å². The fraction of sp³-hybridized carbons (Fsp3) is 0.474. The van der Waals surface area contributed by atoms with Crippen molar-refractivity contribution in [3.8, 4) is 0 Å². The molecule has 220 valence electrons. The van der Waals surface area contributed by atoms with Crippen LogP contribution in [0.1, 0.15) is 18.0 Å². The summed E-state index contributed by atoms with van der Waals surface area (Å²) >= 11 is 12.4. The zero-order valence-electron chi connectivity index (χ0n) is 20.6. The maximum Gasteiger partial charge on any atom is 0.340 e. The van der Waals surface area contributed by atoms with Crippen molar-refractivity contribution in [2.24, 2.45) is 5.92 Å². The molecule has 0 bridgehead atoms. The van der Waals surface area contributed by atoms with Crippen molar-refractivity contribution in [1.29, 1.82) is 0 Å². The number of nitrogens with zero attached hydrogens (tertiary/aromatic N) is 5. The van der Waals surface area contributed by atoms with Gasteiger partial charge in [0.1, 0.15) is 0 Å². The summed E-state index contributed by atoms with van der Waals surface area (Å²) in [5.74, 6) is -2.12. The van der Waals surface area contributed by atoms with Crippen molar-refractivity contribution >= 4 is 65.4 Å². The minimum atomic E-state index is -4.89. The Balaban J connectivity index is 1.62. The first-order chi connectivity index (χ1) is 18.5. The van der Waals surface area contributed by atoms with Crippen LogP contribution in [-0.2, 0) is 30.2 Å². The quantitative estimate of drug-likeness (QED) is 0.126. The second-order valence-electron chi connectivity index (χ2n) is 9.20. The third kappa shape index (κ3) is 7.75. The lowest BCUT2D eigenvalue weighted by Gasteiger charge is -2.23. The molecule has 40 heavy (non-hydrogen) atoms. The van der Waals surface area contributed by atoms with Gasteiger partial charge in [0.25, 0.3) is 0 Å². The Morgan fingerprint density at radius 1 is 1.18 bits per heavy atom. The lowest BCUT2D eigenvalue weighted by Crippen LogP contribution is -2.45. The highest BCUT2D eigenvalue weighted by atomic mass is 35.5. The van der Waals surface area contributed by atoms with Gasteiger partial charge < -0.3 is 29.6 Å². The Hall–Kier alpha value is -1.75. The first-order valence-corrected chi connectivity index (χ1v) is 17.7. The summed E-state index contributed by atoms with van der Waals surface area (Å²) < 4.78 is 55.8. The van der Waals surface area contributed by atoms with E-state index in [1.165, 1.54) is 4.68 Å². The summed E-state index contributed by atoms with van der Waals surface area (Å²) in [5.41, 5.74) is 1.07. The predicted molar refractivity (Wildman–Crippen MR) is 145 cm³/mol. The fourth-order valence-corrected chi connectivity index (χ4v) is 8.21. The lowest BCUT2D eigenvalue weighted by atomic mass is 10.1. The molecule has 0 spiro atoms. The zero-order chi connectivity index (χ0) is 29.5. The Kier molecular flexibility index (Phi) is 9.25. The van der Waals surface area contributed by atoms with E-state index in [-0.39, 0.29) is 35.2 Å². The summed E-state index contributed by atoms with van der Waals surface area (Å²) in [6, 6.07) is 4.95. The Morgan fingerprint density at radius 3 is 2.52 bits per heavy atom. The van der Waals surface area contributed by atoms with Crippen LogP contribution in [0.25, 0.3) is 11.2 Å². The topological polar surface area (TPSA) is 239 Å². The molecule has 1 aromatic carbocycles. The van der Waals surface area contributed by atoms with Crippen LogP contribution in [0, 0.1) is 5.92 Å². The van der Waals surface area contributed by atoms with Crippen LogP contribution >= 0.6 is 38.4 Å². The van der Waals surface area contributed by atoms with Crippen LogP contribution in [0.15, 0.2) is 24.3 Å². The Morgan fingerprint density at radius 2 is 1.88 bits per heavy atom. The van der Waals surface area contributed by atoms with E-state index >= 15 is 0 Å². The van der Waals surface area contributed by atoms with Gasteiger partial charge in [0.2, 0.25) is 15.3 Å². The maximum atomic E-state index is 12.2. The first kappa shape index (κ1) is 31.2. The molecule has 3 aromatic rings. The van der Waals surface area contributed by atoms with Crippen LogP contribution in [0.2, 0.25) is 10.3 Å². The first-order valence-electron chi connectivity index (χ1n) is 11.4. The van der Waals surface area contributed by atoms with Crippen molar-refractivity contribution < 1.29 is 41.9 Å². The highest BCUT2D eigenvalue weighted by Gasteiger charge is 2.47. The minimum absolute atomic E-state index is 0.0489. The summed E-state index contributed by atoms with van der Waals surface area (Å²) in [6.07, 6.45) is -0.626. The largest absolute Gasteiger partial charge is 0.389 e. The maximum absolute atomic E-state index is 12.2. The molecule has 1 saturated carbocycles. The number of rotatable bonds is 11. The molecule has 1 fully saturated rings. The van der Waals surface area contributed by atoms with Crippen LogP contribution < -0.4 is 10.0 Å². The average Bonchev–Trinajstić information content (AvgIpc) is 3.35. The van der Waals surface area contributed by atoms with Gasteiger partial charge in [-0.3, -0.25) is 9.13 Å². The van der Waals surface area contributed by atoms with E-state index in [0.717, 1.165) is 11.8 Å². The molecule has 6 N–H and O–H groups in total. The van der Waals surface area contributed by atoms with E-state index in [9.17, 15) is 27.5 Å².